The molecule has 4 nitrogen and oxygen atoms in total. The van der Waals surface area contributed by atoms with Crippen LogP contribution in [0.3, 0.4) is 0 Å². The van der Waals surface area contributed by atoms with Gasteiger partial charge in [0, 0.05) is 31.1 Å². The van der Waals surface area contributed by atoms with Crippen molar-refractivity contribution in [2.24, 2.45) is 0 Å². The van der Waals surface area contributed by atoms with Gasteiger partial charge in [0.2, 0.25) is 0 Å². The van der Waals surface area contributed by atoms with Gasteiger partial charge in [-0.05, 0) is 18.6 Å². The number of carboxylic acids is 1. The lowest BCUT2D eigenvalue weighted by atomic mass is 10.1. The average molecular weight is 206 g/mol. The Hall–Kier alpha value is -1.68. The van der Waals surface area contributed by atoms with E-state index in [0.717, 1.165) is 11.6 Å². The molecule has 0 aliphatic heterocycles. The van der Waals surface area contributed by atoms with Crippen LogP contribution in [0, 0.1) is 0 Å². The Morgan fingerprint density at radius 1 is 1.73 bits per heavy atom. The minimum Gasteiger partial charge on any atom is -0.478 e. The minimum absolute atomic E-state index is 0.164. The Morgan fingerprint density at radius 2 is 2.53 bits per heavy atom. The Balaban J connectivity index is 2.37. The topological polar surface area (TPSA) is 62.2 Å². The highest BCUT2D eigenvalue weighted by Gasteiger charge is 2.01. The zero-order valence-corrected chi connectivity index (χ0v) is 8.55. The molecule has 0 spiro atoms. The van der Waals surface area contributed by atoms with Gasteiger partial charge in [-0.25, -0.2) is 4.79 Å². The molecule has 80 valence electrons. The van der Waals surface area contributed by atoms with E-state index in [2.05, 4.69) is 10.3 Å². The van der Waals surface area contributed by atoms with Crippen LogP contribution in [0.25, 0.3) is 0 Å². The molecule has 1 rings (SSSR count). The second kappa shape index (κ2) is 5.93. The standard InChI is InChI=1S/C11H14N2O2/c1-9(10-4-2-6-12-8-10)13-7-3-5-11(14)15/h2-6,8-9,13H,7H2,1H3,(H,14,15)/b5-3+/t9-/m0/s1. The van der Waals surface area contributed by atoms with Gasteiger partial charge in [0.25, 0.3) is 0 Å². The van der Waals surface area contributed by atoms with E-state index in [1.165, 1.54) is 0 Å². The summed E-state index contributed by atoms with van der Waals surface area (Å²) < 4.78 is 0. The molecule has 1 aromatic heterocycles. The fourth-order valence-electron chi connectivity index (χ4n) is 1.15. The van der Waals surface area contributed by atoms with Crippen LogP contribution < -0.4 is 5.32 Å². The lowest BCUT2D eigenvalue weighted by Crippen LogP contribution is -2.18. The minimum atomic E-state index is -0.925. The maximum Gasteiger partial charge on any atom is 0.328 e. The zero-order valence-electron chi connectivity index (χ0n) is 8.55. The number of aromatic nitrogens is 1. The number of carbonyl (C=O) groups is 1. The largest absolute Gasteiger partial charge is 0.478 e. The highest BCUT2D eigenvalue weighted by Crippen LogP contribution is 2.08. The first kappa shape index (κ1) is 11.4. The number of rotatable bonds is 5. The molecule has 1 atom stereocenters. The number of nitrogens with one attached hydrogen (secondary N) is 1. The third kappa shape index (κ3) is 4.37. The van der Waals surface area contributed by atoms with Crippen molar-refractivity contribution in [3.63, 3.8) is 0 Å². The van der Waals surface area contributed by atoms with E-state index in [1.54, 1.807) is 18.5 Å². The third-order valence-corrected chi connectivity index (χ3v) is 1.99. The lowest BCUT2D eigenvalue weighted by Gasteiger charge is -2.11. The smallest absolute Gasteiger partial charge is 0.328 e. The quantitative estimate of drug-likeness (QED) is 0.714. The summed E-state index contributed by atoms with van der Waals surface area (Å²) in [6.45, 7) is 2.54. The second-order valence-corrected chi connectivity index (χ2v) is 3.16. The number of carboxylic acid groups (broad SMARTS) is 1. The number of nitrogens with zero attached hydrogens (tertiary/aromatic N) is 1. The Bertz CT molecular complexity index is 336. The van der Waals surface area contributed by atoms with Crippen LogP contribution in [0.15, 0.2) is 36.7 Å². The van der Waals surface area contributed by atoms with Crippen LogP contribution in [0.2, 0.25) is 0 Å². The molecular formula is C11H14N2O2. The van der Waals surface area contributed by atoms with Crippen LogP contribution in [-0.4, -0.2) is 22.6 Å². The van der Waals surface area contributed by atoms with E-state index in [0.29, 0.717) is 6.54 Å². The van der Waals surface area contributed by atoms with Gasteiger partial charge in [0.1, 0.15) is 0 Å². The first-order chi connectivity index (χ1) is 7.20. The first-order valence-corrected chi connectivity index (χ1v) is 4.73. The molecule has 0 saturated heterocycles. The Morgan fingerprint density at radius 3 is 3.13 bits per heavy atom. The van der Waals surface area contributed by atoms with Crippen LogP contribution in [0.4, 0.5) is 0 Å². The predicted molar refractivity (Wildman–Crippen MR) is 57.4 cm³/mol. The fraction of sp³-hybridized carbons (Fsp3) is 0.273. The van der Waals surface area contributed by atoms with Crippen molar-refractivity contribution in [3.8, 4) is 0 Å². The van der Waals surface area contributed by atoms with Gasteiger partial charge in [-0.15, -0.1) is 0 Å². The highest BCUT2D eigenvalue weighted by atomic mass is 16.4. The van der Waals surface area contributed by atoms with Crippen LogP contribution >= 0.6 is 0 Å². The van der Waals surface area contributed by atoms with Gasteiger partial charge < -0.3 is 10.4 Å². The monoisotopic (exact) mass is 206 g/mol. The van der Waals surface area contributed by atoms with Crippen LogP contribution in [0.5, 0.6) is 0 Å². The molecule has 0 aliphatic carbocycles. The molecule has 0 radical (unpaired) electrons. The van der Waals surface area contributed by atoms with Crippen molar-refractivity contribution in [2.45, 2.75) is 13.0 Å². The molecule has 0 fully saturated rings. The maximum atomic E-state index is 10.2. The lowest BCUT2D eigenvalue weighted by molar-refractivity contribution is -0.131. The summed E-state index contributed by atoms with van der Waals surface area (Å²) in [5.41, 5.74) is 1.08. The summed E-state index contributed by atoms with van der Waals surface area (Å²) in [6.07, 6.45) is 6.22. The van der Waals surface area contributed by atoms with Gasteiger partial charge in [-0.2, -0.15) is 0 Å². The van der Waals surface area contributed by atoms with E-state index >= 15 is 0 Å². The molecule has 0 bridgehead atoms. The van der Waals surface area contributed by atoms with E-state index in [-0.39, 0.29) is 6.04 Å². The summed E-state index contributed by atoms with van der Waals surface area (Å²) in [4.78, 5) is 14.2. The van der Waals surface area contributed by atoms with Crippen LogP contribution in [-0.2, 0) is 4.79 Å². The average Bonchev–Trinajstić information content (AvgIpc) is 2.25. The molecule has 0 saturated carbocycles. The summed E-state index contributed by atoms with van der Waals surface area (Å²) >= 11 is 0. The third-order valence-electron chi connectivity index (χ3n) is 1.99. The van der Waals surface area contributed by atoms with Gasteiger partial charge in [-0.1, -0.05) is 12.1 Å². The summed E-state index contributed by atoms with van der Waals surface area (Å²) in [5, 5.41) is 11.5. The molecule has 4 heteroatoms. The van der Waals surface area contributed by atoms with Crippen molar-refractivity contribution in [2.75, 3.05) is 6.54 Å². The van der Waals surface area contributed by atoms with E-state index in [1.807, 2.05) is 19.1 Å². The van der Waals surface area contributed by atoms with Crippen molar-refractivity contribution in [3.05, 3.63) is 42.2 Å². The SMILES string of the molecule is C[C@H](NC/C=C/C(=O)O)c1cccnc1. The molecule has 15 heavy (non-hydrogen) atoms. The molecule has 0 amide bonds. The number of hydrogen-bond acceptors (Lipinski definition) is 3. The molecule has 0 aromatic carbocycles. The normalized spacial score (nSPS) is 12.9. The summed E-state index contributed by atoms with van der Waals surface area (Å²) in [6, 6.07) is 4.02. The Labute approximate surface area is 88.7 Å². The van der Waals surface area contributed by atoms with Crippen molar-refractivity contribution >= 4 is 5.97 Å². The molecule has 0 aliphatic rings. The fourth-order valence-corrected chi connectivity index (χ4v) is 1.15. The molecule has 1 aromatic rings. The van der Waals surface area contributed by atoms with Crippen molar-refractivity contribution in [1.29, 1.82) is 0 Å². The Kier molecular flexibility index (Phi) is 4.50. The number of hydrogen-bond donors (Lipinski definition) is 2. The summed E-state index contributed by atoms with van der Waals surface area (Å²) in [5.74, 6) is -0.925. The number of aliphatic carboxylic acids is 1. The van der Waals surface area contributed by atoms with E-state index < -0.39 is 5.97 Å². The molecule has 2 N–H and O–H groups in total. The van der Waals surface area contributed by atoms with Gasteiger partial charge in [-0.3, -0.25) is 4.98 Å². The molecule has 0 unspecified atom stereocenters. The van der Waals surface area contributed by atoms with Gasteiger partial charge >= 0.3 is 5.97 Å². The highest BCUT2D eigenvalue weighted by molar-refractivity contribution is 5.79. The van der Waals surface area contributed by atoms with Crippen molar-refractivity contribution in [1.82, 2.24) is 10.3 Å². The van der Waals surface area contributed by atoms with Crippen molar-refractivity contribution < 1.29 is 9.90 Å². The van der Waals surface area contributed by atoms with Gasteiger partial charge in [0.15, 0.2) is 0 Å². The molecule has 1 heterocycles. The van der Waals surface area contributed by atoms with Crippen LogP contribution in [0.1, 0.15) is 18.5 Å². The molecular weight excluding hydrogens is 192 g/mol. The second-order valence-electron chi connectivity index (χ2n) is 3.16. The maximum absolute atomic E-state index is 10.2. The predicted octanol–water partition coefficient (Wildman–Crippen LogP) is 1.37. The van der Waals surface area contributed by atoms with E-state index in [4.69, 9.17) is 5.11 Å². The first-order valence-electron chi connectivity index (χ1n) is 4.73. The van der Waals surface area contributed by atoms with Gasteiger partial charge in [0.05, 0.1) is 0 Å². The van der Waals surface area contributed by atoms with E-state index in [9.17, 15) is 4.79 Å². The number of pyridine rings is 1. The zero-order chi connectivity index (χ0) is 11.1. The summed E-state index contributed by atoms with van der Waals surface area (Å²) in [7, 11) is 0.